The van der Waals surface area contributed by atoms with Crippen molar-refractivity contribution in [2.75, 3.05) is 5.01 Å². The molecule has 0 saturated carbocycles. The molecule has 0 saturated heterocycles. The Hall–Kier alpha value is -3.40. The number of aromatic amines is 1. The van der Waals surface area contributed by atoms with Crippen LogP contribution in [0.3, 0.4) is 0 Å². The Morgan fingerprint density at radius 2 is 1.81 bits per heavy atom. The van der Waals surface area contributed by atoms with E-state index >= 15 is 0 Å². The summed E-state index contributed by atoms with van der Waals surface area (Å²) in [5.41, 5.74) is 4.13. The third kappa shape index (κ3) is 2.97. The van der Waals surface area contributed by atoms with Crippen LogP contribution in [0.4, 0.5) is 18.9 Å². The maximum Gasteiger partial charge on any atom is 0.417 e. The Kier molecular flexibility index (Phi) is 4.12. The zero-order chi connectivity index (χ0) is 19.1. The number of rotatable bonds is 3. The minimum absolute atomic E-state index is 0.0162. The molecular formula is C16H12F3N5O2. The molecule has 3 aromatic rings. The Bertz CT molecular complexity index is 1010. The molecule has 1 aromatic heterocycles. The first-order chi connectivity index (χ1) is 12.2. The van der Waals surface area contributed by atoms with E-state index in [2.05, 4.69) is 9.97 Å². The van der Waals surface area contributed by atoms with Crippen LogP contribution in [0.5, 0.6) is 0 Å². The number of benzene rings is 2. The van der Waals surface area contributed by atoms with Gasteiger partial charge in [0.25, 0.3) is 11.8 Å². The fourth-order valence-corrected chi connectivity index (χ4v) is 2.53. The van der Waals surface area contributed by atoms with Crippen LogP contribution in [-0.2, 0) is 6.18 Å². The van der Waals surface area contributed by atoms with Gasteiger partial charge < -0.3 is 10.7 Å². The maximum atomic E-state index is 13.1. The summed E-state index contributed by atoms with van der Waals surface area (Å²) in [4.78, 5) is 30.8. The van der Waals surface area contributed by atoms with Gasteiger partial charge in [-0.05, 0) is 24.3 Å². The summed E-state index contributed by atoms with van der Waals surface area (Å²) < 4.78 is 39.4. The molecule has 3 rings (SSSR count). The van der Waals surface area contributed by atoms with Gasteiger partial charge >= 0.3 is 6.18 Å². The molecule has 10 heteroatoms. The first-order valence-corrected chi connectivity index (χ1v) is 7.22. The first kappa shape index (κ1) is 17.4. The van der Waals surface area contributed by atoms with E-state index in [4.69, 9.17) is 11.6 Å². The van der Waals surface area contributed by atoms with E-state index < -0.39 is 29.1 Å². The minimum atomic E-state index is -4.72. The fourth-order valence-electron chi connectivity index (χ4n) is 2.53. The van der Waals surface area contributed by atoms with Gasteiger partial charge in [0.05, 0.1) is 34.2 Å². The molecule has 2 amide bonds. The lowest BCUT2D eigenvalue weighted by atomic mass is 10.1. The van der Waals surface area contributed by atoms with Gasteiger partial charge in [-0.1, -0.05) is 12.1 Å². The highest BCUT2D eigenvalue weighted by Crippen LogP contribution is 2.33. The maximum absolute atomic E-state index is 13.1. The largest absolute Gasteiger partial charge is 0.417 e. The molecule has 5 N–H and O–H groups in total. The van der Waals surface area contributed by atoms with Crippen molar-refractivity contribution in [1.29, 1.82) is 0 Å². The number of fused-ring (bicyclic) bond motifs is 1. The van der Waals surface area contributed by atoms with Crippen molar-refractivity contribution in [3.63, 3.8) is 0 Å². The highest BCUT2D eigenvalue weighted by molar-refractivity contribution is 6.10. The van der Waals surface area contributed by atoms with Gasteiger partial charge in [0.1, 0.15) is 5.52 Å². The number of nitrogens with two attached hydrogens (primary N) is 2. The number of hydrazine groups is 1. The van der Waals surface area contributed by atoms with Crippen LogP contribution in [0.1, 0.15) is 26.3 Å². The summed E-state index contributed by atoms with van der Waals surface area (Å²) in [6.45, 7) is 0. The smallest absolute Gasteiger partial charge is 0.366 e. The molecule has 0 aliphatic heterocycles. The summed E-state index contributed by atoms with van der Waals surface area (Å²) in [6.07, 6.45) is -3.42. The van der Waals surface area contributed by atoms with E-state index in [1.807, 2.05) is 0 Å². The normalized spacial score (nSPS) is 11.5. The summed E-state index contributed by atoms with van der Waals surface area (Å²) in [5.74, 6) is 3.83. The van der Waals surface area contributed by atoms with E-state index in [9.17, 15) is 22.8 Å². The van der Waals surface area contributed by atoms with E-state index in [1.54, 1.807) is 0 Å². The van der Waals surface area contributed by atoms with E-state index in [0.717, 1.165) is 12.1 Å². The predicted molar refractivity (Wildman–Crippen MR) is 87.1 cm³/mol. The van der Waals surface area contributed by atoms with Gasteiger partial charge in [-0.25, -0.2) is 15.8 Å². The van der Waals surface area contributed by atoms with E-state index in [1.165, 1.54) is 30.6 Å². The number of alkyl halides is 3. The third-order valence-electron chi connectivity index (χ3n) is 3.73. The fraction of sp³-hybridized carbons (Fsp3) is 0.0625. The van der Waals surface area contributed by atoms with Crippen LogP contribution in [0.2, 0.25) is 0 Å². The number of anilines is 1. The molecule has 134 valence electrons. The zero-order valence-electron chi connectivity index (χ0n) is 13.0. The number of primary amides is 1. The number of hydrogen-bond acceptors (Lipinski definition) is 4. The van der Waals surface area contributed by atoms with Crippen molar-refractivity contribution in [3.8, 4) is 0 Å². The minimum Gasteiger partial charge on any atom is -0.366 e. The van der Waals surface area contributed by atoms with Crippen LogP contribution in [0.15, 0.2) is 42.7 Å². The molecule has 26 heavy (non-hydrogen) atoms. The number of carbonyl (C=O) groups excluding carboxylic acids is 2. The molecule has 2 aromatic carbocycles. The SMILES string of the molecule is NC(=O)c1cc(N(N)C(=O)c2ccccc2C(F)(F)F)cc2[nH]cnc12. The molecule has 1 heterocycles. The summed E-state index contributed by atoms with van der Waals surface area (Å²) in [6, 6.07) is 6.84. The Morgan fingerprint density at radius 3 is 2.46 bits per heavy atom. The Labute approximate surface area is 144 Å². The molecule has 0 bridgehead atoms. The monoisotopic (exact) mass is 363 g/mol. The number of aromatic nitrogens is 2. The van der Waals surface area contributed by atoms with Crippen LogP contribution in [0, 0.1) is 0 Å². The number of hydrogen-bond donors (Lipinski definition) is 3. The van der Waals surface area contributed by atoms with Crippen molar-refractivity contribution in [3.05, 3.63) is 59.4 Å². The van der Waals surface area contributed by atoms with E-state index in [0.29, 0.717) is 10.5 Å². The summed E-state index contributed by atoms with van der Waals surface area (Å²) in [5, 5.41) is 0.525. The summed E-state index contributed by atoms with van der Waals surface area (Å²) >= 11 is 0. The molecule has 0 fully saturated rings. The number of nitrogens with one attached hydrogen (secondary N) is 1. The lowest BCUT2D eigenvalue weighted by Crippen LogP contribution is -2.38. The van der Waals surface area contributed by atoms with Gasteiger partial charge in [0.2, 0.25) is 0 Å². The lowest BCUT2D eigenvalue weighted by molar-refractivity contribution is -0.137. The predicted octanol–water partition coefficient (Wildman–Crippen LogP) is 2.20. The van der Waals surface area contributed by atoms with Gasteiger partial charge in [0, 0.05) is 0 Å². The summed E-state index contributed by atoms with van der Waals surface area (Å²) in [7, 11) is 0. The topological polar surface area (TPSA) is 118 Å². The molecule has 7 nitrogen and oxygen atoms in total. The van der Waals surface area contributed by atoms with E-state index in [-0.39, 0.29) is 16.8 Å². The average molecular weight is 363 g/mol. The van der Waals surface area contributed by atoms with Gasteiger partial charge in [0.15, 0.2) is 0 Å². The number of halogens is 3. The van der Waals surface area contributed by atoms with Gasteiger partial charge in [-0.2, -0.15) is 13.2 Å². The number of H-pyrrole nitrogens is 1. The second kappa shape index (κ2) is 6.15. The molecular weight excluding hydrogens is 351 g/mol. The van der Waals surface area contributed by atoms with Crippen LogP contribution in [-0.4, -0.2) is 21.8 Å². The van der Waals surface area contributed by atoms with Crippen molar-refractivity contribution >= 4 is 28.5 Å². The second-order valence-corrected chi connectivity index (χ2v) is 5.37. The highest BCUT2D eigenvalue weighted by Gasteiger charge is 2.36. The van der Waals surface area contributed by atoms with Crippen LogP contribution in [0.25, 0.3) is 11.0 Å². The number of amides is 2. The number of carbonyl (C=O) groups is 2. The van der Waals surface area contributed by atoms with Crippen molar-refractivity contribution in [2.24, 2.45) is 11.6 Å². The average Bonchev–Trinajstić information content (AvgIpc) is 3.07. The Balaban J connectivity index is 2.08. The van der Waals surface area contributed by atoms with Crippen LogP contribution >= 0.6 is 0 Å². The quantitative estimate of drug-likeness (QED) is 0.375. The second-order valence-electron chi connectivity index (χ2n) is 5.37. The molecule has 0 spiro atoms. The van der Waals surface area contributed by atoms with Gasteiger partial charge in [-0.15, -0.1) is 0 Å². The first-order valence-electron chi connectivity index (χ1n) is 7.22. The molecule has 0 aliphatic rings. The highest BCUT2D eigenvalue weighted by atomic mass is 19.4. The Morgan fingerprint density at radius 1 is 1.12 bits per heavy atom. The lowest BCUT2D eigenvalue weighted by Gasteiger charge is -2.20. The molecule has 0 radical (unpaired) electrons. The van der Waals surface area contributed by atoms with Gasteiger partial charge in [-0.3, -0.25) is 9.59 Å². The van der Waals surface area contributed by atoms with Crippen molar-refractivity contribution < 1.29 is 22.8 Å². The number of imidazole rings is 1. The third-order valence-corrected chi connectivity index (χ3v) is 3.73. The number of nitrogens with zero attached hydrogens (tertiary/aromatic N) is 2. The molecule has 0 aliphatic carbocycles. The molecule has 0 unspecified atom stereocenters. The molecule has 0 atom stereocenters. The zero-order valence-corrected chi connectivity index (χ0v) is 13.0. The standard InChI is InChI=1S/C16H12F3N5O2/c17-16(18,19)11-4-2-1-3-9(11)15(26)24(21)8-5-10(14(20)25)13-12(6-8)22-7-23-13/h1-7H,21H2,(H2,20,25)(H,22,23). The van der Waals surface area contributed by atoms with Crippen molar-refractivity contribution in [1.82, 2.24) is 9.97 Å². The van der Waals surface area contributed by atoms with Crippen molar-refractivity contribution in [2.45, 2.75) is 6.18 Å². The van der Waals surface area contributed by atoms with Crippen LogP contribution < -0.4 is 16.6 Å².